The third kappa shape index (κ3) is 4.66. The van der Waals surface area contributed by atoms with Crippen LogP contribution in [0.2, 0.25) is 0 Å². The van der Waals surface area contributed by atoms with Gasteiger partial charge in [0.15, 0.2) is 0 Å². The zero-order valence-electron chi connectivity index (χ0n) is 12.1. The summed E-state index contributed by atoms with van der Waals surface area (Å²) in [7, 11) is 1.53. The van der Waals surface area contributed by atoms with E-state index in [0.29, 0.717) is 17.0 Å². The van der Waals surface area contributed by atoms with E-state index in [1.54, 1.807) is 18.2 Å². The number of ether oxygens (including phenoxy) is 1. The molecule has 2 aromatic carbocycles. The minimum absolute atomic E-state index is 0.0746. The van der Waals surface area contributed by atoms with Crippen molar-refractivity contribution in [2.75, 3.05) is 12.4 Å². The Hall–Kier alpha value is -2.65. The molecule has 0 bridgehead atoms. The Morgan fingerprint density at radius 3 is 2.61 bits per heavy atom. The molecule has 0 aromatic heterocycles. The van der Waals surface area contributed by atoms with E-state index < -0.39 is 11.7 Å². The first-order chi connectivity index (χ1) is 11.0. The minimum Gasteiger partial charge on any atom is -0.497 e. The van der Waals surface area contributed by atoms with Crippen LogP contribution in [0, 0.1) is 17.1 Å². The number of rotatable bonds is 4. The average Bonchev–Trinajstić information content (AvgIpc) is 2.54. The first-order valence-corrected chi connectivity index (χ1v) is 7.34. The van der Waals surface area contributed by atoms with Crippen molar-refractivity contribution in [1.29, 1.82) is 5.26 Å². The van der Waals surface area contributed by atoms with E-state index in [4.69, 9.17) is 4.74 Å². The normalized spacial score (nSPS) is 10.8. The van der Waals surface area contributed by atoms with Gasteiger partial charge in [-0.2, -0.15) is 5.26 Å². The number of methoxy groups -OCH3 is 1. The number of nitrogens with one attached hydrogen (secondary N) is 1. The number of hydrogen-bond donors (Lipinski definition) is 1. The van der Waals surface area contributed by atoms with Gasteiger partial charge in [0.2, 0.25) is 0 Å². The molecule has 23 heavy (non-hydrogen) atoms. The molecule has 0 radical (unpaired) electrons. The van der Waals surface area contributed by atoms with Gasteiger partial charge >= 0.3 is 0 Å². The Labute approximate surface area is 141 Å². The second-order valence-electron chi connectivity index (χ2n) is 4.56. The molecule has 1 amide bonds. The molecular formula is C17H12BrFN2O2. The highest BCUT2D eigenvalue weighted by Crippen LogP contribution is 2.23. The van der Waals surface area contributed by atoms with Gasteiger partial charge < -0.3 is 10.1 Å². The highest BCUT2D eigenvalue weighted by Gasteiger charge is 2.10. The lowest BCUT2D eigenvalue weighted by molar-refractivity contribution is -0.112. The average molecular weight is 375 g/mol. The Bertz CT molecular complexity index is 795. The lowest BCUT2D eigenvalue weighted by atomic mass is 10.1. The van der Waals surface area contributed by atoms with Crippen LogP contribution in [0.15, 0.2) is 52.5 Å². The smallest absolute Gasteiger partial charge is 0.266 e. The van der Waals surface area contributed by atoms with Gasteiger partial charge in [0, 0.05) is 10.2 Å². The molecule has 2 aromatic rings. The Morgan fingerprint density at radius 1 is 1.30 bits per heavy atom. The van der Waals surface area contributed by atoms with Gasteiger partial charge in [-0.05, 0) is 54.1 Å². The van der Waals surface area contributed by atoms with E-state index in [9.17, 15) is 14.4 Å². The predicted octanol–water partition coefficient (Wildman–Crippen LogP) is 4.14. The molecule has 0 aliphatic carbocycles. The van der Waals surface area contributed by atoms with Crippen LogP contribution in [0.3, 0.4) is 0 Å². The fourth-order valence-corrected chi connectivity index (χ4v) is 2.32. The summed E-state index contributed by atoms with van der Waals surface area (Å²) in [4.78, 5) is 12.1. The summed E-state index contributed by atoms with van der Waals surface area (Å²) >= 11 is 3.34. The summed E-state index contributed by atoms with van der Waals surface area (Å²) in [6.07, 6.45) is 1.45. The molecule has 0 spiro atoms. The maximum absolute atomic E-state index is 12.9. The molecule has 0 saturated heterocycles. The zero-order valence-corrected chi connectivity index (χ0v) is 13.7. The number of anilines is 1. The van der Waals surface area contributed by atoms with Crippen LogP contribution in [-0.4, -0.2) is 13.0 Å². The quantitative estimate of drug-likeness (QED) is 0.645. The van der Waals surface area contributed by atoms with Crippen LogP contribution >= 0.6 is 15.9 Å². The zero-order chi connectivity index (χ0) is 16.8. The maximum atomic E-state index is 12.9. The first kappa shape index (κ1) is 16.7. The van der Waals surface area contributed by atoms with Crippen molar-refractivity contribution in [3.63, 3.8) is 0 Å². The van der Waals surface area contributed by atoms with Crippen molar-refractivity contribution in [2.24, 2.45) is 0 Å². The highest BCUT2D eigenvalue weighted by atomic mass is 79.9. The topological polar surface area (TPSA) is 62.1 Å². The second-order valence-corrected chi connectivity index (χ2v) is 5.47. The van der Waals surface area contributed by atoms with Gasteiger partial charge in [0.05, 0.1) is 7.11 Å². The summed E-state index contributed by atoms with van der Waals surface area (Å²) < 4.78 is 18.8. The molecule has 0 aliphatic rings. The highest BCUT2D eigenvalue weighted by molar-refractivity contribution is 9.10. The second kappa shape index (κ2) is 7.56. The van der Waals surface area contributed by atoms with Crippen LogP contribution in [-0.2, 0) is 4.79 Å². The van der Waals surface area contributed by atoms with E-state index in [2.05, 4.69) is 21.2 Å². The van der Waals surface area contributed by atoms with Crippen molar-refractivity contribution < 1.29 is 13.9 Å². The molecule has 1 N–H and O–H groups in total. The van der Waals surface area contributed by atoms with Crippen LogP contribution in [0.5, 0.6) is 5.75 Å². The summed E-state index contributed by atoms with van der Waals surface area (Å²) in [5.74, 6) is -0.375. The number of hydrogen-bond acceptors (Lipinski definition) is 3. The number of carbonyl (C=O) groups is 1. The van der Waals surface area contributed by atoms with Gasteiger partial charge in [-0.3, -0.25) is 4.79 Å². The third-order valence-corrected chi connectivity index (χ3v) is 3.37. The van der Waals surface area contributed by atoms with Crippen molar-refractivity contribution in [2.45, 2.75) is 0 Å². The summed E-state index contributed by atoms with van der Waals surface area (Å²) in [6.45, 7) is 0. The van der Waals surface area contributed by atoms with E-state index in [1.165, 1.54) is 37.5 Å². The molecule has 0 fully saturated rings. The number of halogens is 2. The Morgan fingerprint density at radius 2 is 2.00 bits per heavy atom. The fraction of sp³-hybridized carbons (Fsp3) is 0.0588. The van der Waals surface area contributed by atoms with E-state index in [1.807, 2.05) is 6.07 Å². The SMILES string of the molecule is COc1cc(Br)cc(/C=C(\C#N)C(=O)Nc2ccc(F)cc2)c1. The standard InChI is InChI=1S/C17H12BrFN2O2/c1-23-16-8-11(7-13(18)9-16)6-12(10-20)17(22)21-15-4-2-14(19)3-5-15/h2-9H,1H3,(H,21,22)/b12-6+. The summed E-state index contributed by atoms with van der Waals surface area (Å²) in [5, 5.41) is 11.7. The van der Waals surface area contributed by atoms with Crippen molar-refractivity contribution in [1.82, 2.24) is 0 Å². The van der Waals surface area contributed by atoms with Gasteiger partial charge in [-0.1, -0.05) is 15.9 Å². The number of amides is 1. The number of nitrogens with zero attached hydrogens (tertiary/aromatic N) is 1. The molecule has 116 valence electrons. The monoisotopic (exact) mass is 374 g/mol. The lowest BCUT2D eigenvalue weighted by Crippen LogP contribution is -2.13. The van der Waals surface area contributed by atoms with Gasteiger partial charge in [-0.15, -0.1) is 0 Å². The molecule has 0 saturated carbocycles. The molecule has 0 unspecified atom stereocenters. The summed E-state index contributed by atoms with van der Waals surface area (Å²) in [5.41, 5.74) is 0.973. The number of nitriles is 1. The fourth-order valence-electron chi connectivity index (χ4n) is 1.83. The van der Waals surface area contributed by atoms with Crippen molar-refractivity contribution >= 4 is 33.6 Å². The third-order valence-electron chi connectivity index (χ3n) is 2.91. The molecule has 4 nitrogen and oxygen atoms in total. The Kier molecular flexibility index (Phi) is 5.50. The van der Waals surface area contributed by atoms with Crippen LogP contribution in [0.25, 0.3) is 6.08 Å². The predicted molar refractivity (Wildman–Crippen MR) is 89.3 cm³/mol. The van der Waals surface area contributed by atoms with E-state index in [0.717, 1.165) is 4.47 Å². The van der Waals surface area contributed by atoms with Crippen molar-refractivity contribution in [3.8, 4) is 11.8 Å². The van der Waals surface area contributed by atoms with E-state index in [-0.39, 0.29) is 5.57 Å². The number of benzene rings is 2. The van der Waals surface area contributed by atoms with Gasteiger partial charge in [0.25, 0.3) is 5.91 Å². The van der Waals surface area contributed by atoms with Gasteiger partial charge in [0.1, 0.15) is 23.2 Å². The van der Waals surface area contributed by atoms with Crippen LogP contribution in [0.4, 0.5) is 10.1 Å². The van der Waals surface area contributed by atoms with Crippen LogP contribution < -0.4 is 10.1 Å². The minimum atomic E-state index is -0.571. The maximum Gasteiger partial charge on any atom is 0.266 e. The largest absolute Gasteiger partial charge is 0.497 e. The first-order valence-electron chi connectivity index (χ1n) is 6.55. The number of carbonyl (C=O) groups excluding carboxylic acids is 1. The molecule has 2 rings (SSSR count). The molecule has 0 heterocycles. The van der Waals surface area contributed by atoms with E-state index >= 15 is 0 Å². The molecule has 6 heteroatoms. The summed E-state index contributed by atoms with van der Waals surface area (Å²) in [6, 6.07) is 12.4. The molecule has 0 aliphatic heterocycles. The Balaban J connectivity index is 2.24. The van der Waals surface area contributed by atoms with Crippen molar-refractivity contribution in [3.05, 3.63) is 63.9 Å². The van der Waals surface area contributed by atoms with Crippen LogP contribution in [0.1, 0.15) is 5.56 Å². The molecule has 0 atom stereocenters. The van der Waals surface area contributed by atoms with Gasteiger partial charge in [-0.25, -0.2) is 4.39 Å². The molecular weight excluding hydrogens is 363 g/mol. The lowest BCUT2D eigenvalue weighted by Gasteiger charge is -2.05.